The lowest BCUT2D eigenvalue weighted by Gasteiger charge is -2.22. The Hall–Kier alpha value is -2.20. The number of benzene rings is 2. The Balaban J connectivity index is 2.10. The summed E-state index contributed by atoms with van der Waals surface area (Å²) in [5.41, 5.74) is 2.05. The van der Waals surface area contributed by atoms with Crippen molar-refractivity contribution in [2.75, 3.05) is 0 Å². The lowest BCUT2D eigenvalue weighted by atomic mass is 9.82. The fourth-order valence-corrected chi connectivity index (χ4v) is 3.70. The largest absolute Gasteiger partial charge is 0.488 e. The van der Waals surface area contributed by atoms with E-state index in [0.29, 0.717) is 11.1 Å². The molecule has 25 heavy (non-hydrogen) atoms. The monoisotopic (exact) mass is 390 g/mol. The van der Waals surface area contributed by atoms with E-state index in [1.807, 2.05) is 0 Å². The summed E-state index contributed by atoms with van der Waals surface area (Å²) < 4.78 is 76.6. The molecular weight excluding hydrogens is 378 g/mol. The van der Waals surface area contributed by atoms with E-state index in [1.54, 1.807) is 26.0 Å². The summed E-state index contributed by atoms with van der Waals surface area (Å²) >= 11 is 0. The van der Waals surface area contributed by atoms with E-state index < -0.39 is 26.4 Å². The van der Waals surface area contributed by atoms with Gasteiger partial charge >= 0.3 is 21.0 Å². The van der Waals surface area contributed by atoms with Crippen LogP contribution in [0, 0.1) is 0 Å². The van der Waals surface area contributed by atoms with E-state index in [0.717, 1.165) is 11.1 Å². The number of fused-ring (bicyclic) bond motifs is 3. The van der Waals surface area contributed by atoms with Gasteiger partial charge in [-0.2, -0.15) is 16.8 Å². The van der Waals surface area contributed by atoms with Crippen LogP contribution in [-0.4, -0.2) is 16.8 Å². The molecule has 0 radical (unpaired) electrons. The van der Waals surface area contributed by atoms with Gasteiger partial charge in [0.25, 0.3) is 0 Å². The van der Waals surface area contributed by atoms with Crippen LogP contribution >= 0.6 is 0 Å². The third-order valence-electron chi connectivity index (χ3n) is 4.01. The first-order valence-corrected chi connectivity index (χ1v) is 9.56. The van der Waals surface area contributed by atoms with Crippen LogP contribution in [0.25, 0.3) is 11.1 Å². The first-order chi connectivity index (χ1) is 11.4. The van der Waals surface area contributed by atoms with Crippen LogP contribution in [-0.2, 0) is 26.4 Å². The second-order valence-corrected chi connectivity index (χ2v) is 7.90. The predicted molar refractivity (Wildman–Crippen MR) is 85.3 cm³/mol. The van der Waals surface area contributed by atoms with Gasteiger partial charge < -0.3 is 8.37 Å². The molecule has 0 heterocycles. The lowest BCUT2D eigenvalue weighted by molar-refractivity contribution is 0.438. The van der Waals surface area contributed by atoms with Crippen molar-refractivity contribution in [3.8, 4) is 22.6 Å². The fourth-order valence-electron chi connectivity index (χ4n) is 3.03. The minimum Gasteiger partial charge on any atom is -0.358 e. The van der Waals surface area contributed by atoms with Gasteiger partial charge in [0.15, 0.2) is 0 Å². The van der Waals surface area contributed by atoms with Gasteiger partial charge in [0, 0.05) is 5.41 Å². The zero-order valence-corrected chi connectivity index (χ0v) is 14.6. The van der Waals surface area contributed by atoms with Crippen LogP contribution in [0.5, 0.6) is 11.5 Å². The summed E-state index contributed by atoms with van der Waals surface area (Å²) in [6.07, 6.45) is 0. The van der Waals surface area contributed by atoms with Gasteiger partial charge in [-0.15, -0.1) is 0 Å². The van der Waals surface area contributed by atoms with Gasteiger partial charge in [0.1, 0.15) is 11.5 Å². The highest BCUT2D eigenvalue weighted by Crippen LogP contribution is 2.50. The van der Waals surface area contributed by atoms with Crippen LogP contribution in [0.4, 0.5) is 7.77 Å². The predicted octanol–water partition coefficient (Wildman–Crippen LogP) is 3.18. The first-order valence-electron chi connectivity index (χ1n) is 6.94. The van der Waals surface area contributed by atoms with E-state index in [4.69, 9.17) is 0 Å². The van der Waals surface area contributed by atoms with E-state index in [2.05, 4.69) is 8.37 Å². The molecule has 0 spiro atoms. The highest BCUT2D eigenvalue weighted by Gasteiger charge is 2.36. The standard InChI is InChI=1S/C15H12F2O6S2/c1-15(2)13-7-9(22-24(16,18)19)3-5-11(13)12-6-4-10(8-14(12)15)23-25(17,20)21/h3-8H,1-2H3. The van der Waals surface area contributed by atoms with Crippen LogP contribution in [0.1, 0.15) is 25.0 Å². The third kappa shape index (κ3) is 3.45. The van der Waals surface area contributed by atoms with Gasteiger partial charge in [0.05, 0.1) is 0 Å². The summed E-state index contributed by atoms with van der Waals surface area (Å²) in [7, 11) is -10.3. The van der Waals surface area contributed by atoms with Crippen LogP contribution in [0.15, 0.2) is 36.4 Å². The molecule has 2 aromatic carbocycles. The average molecular weight is 390 g/mol. The maximum atomic E-state index is 12.7. The number of hydrogen-bond donors (Lipinski definition) is 0. The number of halogens is 2. The SMILES string of the molecule is CC1(C)c2cc(OS(=O)(=O)F)ccc2-c2ccc(OS(=O)(=O)F)cc21. The maximum absolute atomic E-state index is 12.7. The van der Waals surface area contributed by atoms with Gasteiger partial charge in [-0.3, -0.25) is 0 Å². The Bertz CT molecular complexity index is 990. The molecule has 0 aliphatic heterocycles. The number of rotatable bonds is 4. The van der Waals surface area contributed by atoms with Crippen molar-refractivity contribution in [1.29, 1.82) is 0 Å². The molecule has 0 unspecified atom stereocenters. The molecule has 0 N–H and O–H groups in total. The van der Waals surface area contributed by atoms with Crippen molar-refractivity contribution in [3.63, 3.8) is 0 Å². The van der Waals surface area contributed by atoms with Crippen molar-refractivity contribution in [2.24, 2.45) is 0 Å². The zero-order chi connectivity index (χ0) is 18.6. The topological polar surface area (TPSA) is 86.7 Å². The molecule has 2 aromatic rings. The van der Waals surface area contributed by atoms with Gasteiger partial charge in [-0.05, 0) is 46.5 Å². The summed E-state index contributed by atoms with van der Waals surface area (Å²) in [4.78, 5) is 0. The molecule has 0 bridgehead atoms. The highest BCUT2D eigenvalue weighted by atomic mass is 32.3. The molecule has 0 saturated carbocycles. The molecule has 10 heteroatoms. The molecule has 3 rings (SSSR count). The molecule has 0 aromatic heterocycles. The zero-order valence-electron chi connectivity index (χ0n) is 13.0. The molecular formula is C15H12F2O6S2. The lowest BCUT2D eigenvalue weighted by Crippen LogP contribution is -2.15. The van der Waals surface area contributed by atoms with Crippen LogP contribution in [0.2, 0.25) is 0 Å². The Kier molecular flexibility index (Phi) is 3.80. The van der Waals surface area contributed by atoms with Crippen molar-refractivity contribution in [3.05, 3.63) is 47.5 Å². The minimum atomic E-state index is -5.15. The van der Waals surface area contributed by atoms with Gasteiger partial charge in [0.2, 0.25) is 0 Å². The quantitative estimate of drug-likeness (QED) is 0.746. The van der Waals surface area contributed by atoms with Gasteiger partial charge in [-0.25, -0.2) is 0 Å². The van der Waals surface area contributed by atoms with Gasteiger partial charge in [-0.1, -0.05) is 33.8 Å². The van der Waals surface area contributed by atoms with Crippen molar-refractivity contribution >= 4 is 21.0 Å². The molecule has 134 valence electrons. The molecule has 1 aliphatic rings. The second kappa shape index (κ2) is 5.40. The summed E-state index contributed by atoms with van der Waals surface area (Å²) in [6, 6.07) is 8.51. The average Bonchev–Trinajstić information content (AvgIpc) is 2.64. The fraction of sp³-hybridized carbons (Fsp3) is 0.200. The normalized spacial score (nSPS) is 15.4. The Morgan fingerprint density at radius 3 is 1.44 bits per heavy atom. The van der Waals surface area contributed by atoms with E-state index in [1.165, 1.54) is 24.3 Å². The molecule has 0 atom stereocenters. The smallest absolute Gasteiger partial charge is 0.358 e. The van der Waals surface area contributed by atoms with E-state index in [9.17, 15) is 24.6 Å². The third-order valence-corrected chi connectivity index (χ3v) is 4.79. The Morgan fingerprint density at radius 2 is 1.12 bits per heavy atom. The molecule has 6 nitrogen and oxygen atoms in total. The van der Waals surface area contributed by atoms with Crippen LogP contribution < -0.4 is 8.37 Å². The second-order valence-electron chi connectivity index (χ2n) is 5.99. The summed E-state index contributed by atoms with van der Waals surface area (Å²) in [5.74, 6) is -0.380. The van der Waals surface area contributed by atoms with Crippen LogP contribution in [0.3, 0.4) is 0 Å². The minimum absolute atomic E-state index is 0.190. The Morgan fingerprint density at radius 1 is 0.760 bits per heavy atom. The van der Waals surface area contributed by atoms with Crippen molar-refractivity contribution in [1.82, 2.24) is 0 Å². The van der Waals surface area contributed by atoms with E-state index in [-0.39, 0.29) is 11.5 Å². The molecule has 0 saturated heterocycles. The molecule has 0 fully saturated rings. The Labute approximate surface area is 143 Å². The molecule has 0 amide bonds. The first kappa shape index (κ1) is 17.6. The van der Waals surface area contributed by atoms with Crippen molar-refractivity contribution < 1.29 is 33.0 Å². The highest BCUT2D eigenvalue weighted by molar-refractivity contribution is 7.82. The van der Waals surface area contributed by atoms with Crippen molar-refractivity contribution in [2.45, 2.75) is 19.3 Å². The molecule has 1 aliphatic carbocycles. The van der Waals surface area contributed by atoms with E-state index >= 15 is 0 Å². The number of hydrogen-bond acceptors (Lipinski definition) is 6. The maximum Gasteiger partial charge on any atom is 0.488 e. The summed E-state index contributed by atoms with van der Waals surface area (Å²) in [6.45, 7) is 3.58. The summed E-state index contributed by atoms with van der Waals surface area (Å²) in [5, 5.41) is 0.